The minimum Gasteiger partial charge on any atom is -0.507 e. The van der Waals surface area contributed by atoms with Gasteiger partial charge in [-0.3, -0.25) is 5.10 Å². The number of nitrogens with two attached hydrogens (primary N) is 1. The van der Waals surface area contributed by atoms with Crippen LogP contribution in [0.3, 0.4) is 0 Å². The molecule has 0 saturated carbocycles. The van der Waals surface area contributed by atoms with Gasteiger partial charge in [0.2, 0.25) is 5.95 Å². The number of hydrogen-bond acceptors (Lipinski definition) is 5. The Kier molecular flexibility index (Phi) is 3.74. The molecule has 1 aliphatic heterocycles. The molecule has 0 spiro atoms. The van der Waals surface area contributed by atoms with Crippen molar-refractivity contribution in [2.75, 3.05) is 24.5 Å². The van der Waals surface area contributed by atoms with E-state index in [4.69, 9.17) is 5.73 Å². The van der Waals surface area contributed by atoms with Gasteiger partial charge < -0.3 is 15.7 Å². The zero-order chi connectivity index (χ0) is 14.8. The number of halogens is 1. The number of piperidine rings is 1. The monoisotopic (exact) mass is 291 g/mol. The number of hydrogen-bond donors (Lipinski definition) is 3. The molecule has 1 saturated heterocycles. The smallest absolute Gasteiger partial charge is 0.245 e. The number of nitrogens with zero attached hydrogens (tertiary/aromatic N) is 3. The third kappa shape index (κ3) is 2.82. The average molecular weight is 291 g/mol. The number of aromatic amines is 1. The number of nitrogens with one attached hydrogen (secondary N) is 1. The molecule has 21 heavy (non-hydrogen) atoms. The van der Waals surface area contributed by atoms with Gasteiger partial charge in [0.1, 0.15) is 11.6 Å². The summed E-state index contributed by atoms with van der Waals surface area (Å²) in [5, 5.41) is 16.8. The van der Waals surface area contributed by atoms with Crippen LogP contribution in [-0.2, 0) is 0 Å². The molecule has 112 valence electrons. The van der Waals surface area contributed by atoms with Gasteiger partial charge in [-0.2, -0.15) is 4.98 Å². The first kappa shape index (κ1) is 13.8. The van der Waals surface area contributed by atoms with E-state index in [1.54, 1.807) is 0 Å². The molecule has 1 aromatic heterocycles. The fourth-order valence-corrected chi connectivity index (χ4v) is 2.59. The van der Waals surface area contributed by atoms with Crippen molar-refractivity contribution in [3.63, 3.8) is 0 Å². The second-order valence-electron chi connectivity index (χ2n) is 5.31. The lowest BCUT2D eigenvalue weighted by molar-refractivity contribution is 0.411. The minimum absolute atomic E-state index is 0.153. The van der Waals surface area contributed by atoms with Crippen molar-refractivity contribution in [2.24, 2.45) is 11.7 Å². The number of benzene rings is 1. The Morgan fingerprint density at radius 3 is 2.81 bits per heavy atom. The maximum atomic E-state index is 13.0. The van der Waals surface area contributed by atoms with Crippen molar-refractivity contribution in [3.05, 3.63) is 24.0 Å². The molecule has 1 aromatic carbocycles. The van der Waals surface area contributed by atoms with Gasteiger partial charge in [-0.1, -0.05) is 0 Å². The molecule has 0 unspecified atom stereocenters. The molecule has 1 aliphatic rings. The van der Waals surface area contributed by atoms with Crippen molar-refractivity contribution in [1.29, 1.82) is 0 Å². The van der Waals surface area contributed by atoms with E-state index in [2.05, 4.69) is 20.1 Å². The summed E-state index contributed by atoms with van der Waals surface area (Å²) in [6.45, 7) is 2.46. The van der Waals surface area contributed by atoms with Crippen molar-refractivity contribution in [2.45, 2.75) is 12.8 Å². The summed E-state index contributed by atoms with van der Waals surface area (Å²) in [4.78, 5) is 6.48. The summed E-state index contributed by atoms with van der Waals surface area (Å²) in [6, 6.07) is 3.82. The SMILES string of the molecule is NCC1CCN(c2n[nH]c(-c3ccc(F)cc3O)n2)CC1. The fourth-order valence-electron chi connectivity index (χ4n) is 2.59. The highest BCUT2D eigenvalue weighted by molar-refractivity contribution is 5.64. The molecule has 6 nitrogen and oxygen atoms in total. The second kappa shape index (κ2) is 5.69. The molecule has 0 aliphatic carbocycles. The van der Waals surface area contributed by atoms with Crippen LogP contribution in [0, 0.1) is 11.7 Å². The number of H-pyrrole nitrogens is 1. The van der Waals surface area contributed by atoms with E-state index in [-0.39, 0.29) is 5.75 Å². The van der Waals surface area contributed by atoms with Crippen molar-refractivity contribution in [1.82, 2.24) is 15.2 Å². The van der Waals surface area contributed by atoms with Gasteiger partial charge in [0.15, 0.2) is 5.82 Å². The zero-order valence-corrected chi connectivity index (χ0v) is 11.6. The Morgan fingerprint density at radius 1 is 1.38 bits per heavy atom. The van der Waals surface area contributed by atoms with Crippen LogP contribution in [0.5, 0.6) is 5.75 Å². The van der Waals surface area contributed by atoms with E-state index in [1.807, 2.05) is 0 Å². The Morgan fingerprint density at radius 2 is 2.14 bits per heavy atom. The Labute approximate surface area is 121 Å². The number of anilines is 1. The largest absolute Gasteiger partial charge is 0.507 e. The van der Waals surface area contributed by atoms with Gasteiger partial charge in [0.05, 0.1) is 5.56 Å². The maximum Gasteiger partial charge on any atom is 0.245 e. The standard InChI is InChI=1S/C14H18FN5O/c15-10-1-2-11(12(21)7-10)13-17-14(19-18-13)20-5-3-9(8-16)4-6-20/h1-2,7,9,21H,3-6,8,16H2,(H,17,18,19). The lowest BCUT2D eigenvalue weighted by atomic mass is 9.97. The van der Waals surface area contributed by atoms with Gasteiger partial charge in [0.25, 0.3) is 0 Å². The van der Waals surface area contributed by atoms with E-state index >= 15 is 0 Å². The quantitative estimate of drug-likeness (QED) is 0.797. The van der Waals surface area contributed by atoms with E-state index in [9.17, 15) is 9.50 Å². The molecule has 0 bridgehead atoms. The summed E-state index contributed by atoms with van der Waals surface area (Å²) in [5.74, 6) is 0.966. The summed E-state index contributed by atoms with van der Waals surface area (Å²) in [7, 11) is 0. The van der Waals surface area contributed by atoms with Crippen LogP contribution in [0.4, 0.5) is 10.3 Å². The van der Waals surface area contributed by atoms with Crippen LogP contribution >= 0.6 is 0 Å². The van der Waals surface area contributed by atoms with Gasteiger partial charge in [-0.25, -0.2) is 4.39 Å². The zero-order valence-electron chi connectivity index (χ0n) is 11.6. The van der Waals surface area contributed by atoms with E-state index < -0.39 is 5.82 Å². The number of rotatable bonds is 3. The molecule has 2 aromatic rings. The van der Waals surface area contributed by atoms with Crippen LogP contribution in [0.1, 0.15) is 12.8 Å². The molecule has 0 radical (unpaired) electrons. The molecule has 3 rings (SSSR count). The topological polar surface area (TPSA) is 91.1 Å². The lowest BCUT2D eigenvalue weighted by Gasteiger charge is -2.30. The third-order valence-corrected chi connectivity index (χ3v) is 3.92. The van der Waals surface area contributed by atoms with E-state index in [0.717, 1.165) is 38.5 Å². The molecular weight excluding hydrogens is 273 g/mol. The predicted octanol–water partition coefficient (Wildman–Crippen LogP) is 1.49. The predicted molar refractivity (Wildman–Crippen MR) is 77.4 cm³/mol. The molecule has 2 heterocycles. The van der Waals surface area contributed by atoms with Crippen LogP contribution in [-0.4, -0.2) is 39.9 Å². The maximum absolute atomic E-state index is 13.0. The van der Waals surface area contributed by atoms with Gasteiger partial charge in [0, 0.05) is 19.2 Å². The second-order valence-corrected chi connectivity index (χ2v) is 5.31. The molecular formula is C14H18FN5O. The van der Waals surface area contributed by atoms with Crippen LogP contribution in [0.2, 0.25) is 0 Å². The van der Waals surface area contributed by atoms with Crippen LogP contribution in [0.25, 0.3) is 11.4 Å². The van der Waals surface area contributed by atoms with Crippen LogP contribution < -0.4 is 10.6 Å². The van der Waals surface area contributed by atoms with Crippen molar-refractivity contribution < 1.29 is 9.50 Å². The molecule has 4 N–H and O–H groups in total. The van der Waals surface area contributed by atoms with Crippen molar-refractivity contribution in [3.8, 4) is 17.1 Å². The highest BCUT2D eigenvalue weighted by atomic mass is 19.1. The van der Waals surface area contributed by atoms with E-state index in [1.165, 1.54) is 12.1 Å². The molecule has 7 heteroatoms. The normalized spacial score (nSPS) is 16.4. The summed E-state index contributed by atoms with van der Waals surface area (Å²) in [6.07, 6.45) is 2.06. The van der Waals surface area contributed by atoms with Gasteiger partial charge in [-0.05, 0) is 37.4 Å². The van der Waals surface area contributed by atoms with Gasteiger partial charge >= 0.3 is 0 Å². The first-order chi connectivity index (χ1) is 10.2. The van der Waals surface area contributed by atoms with Crippen LogP contribution in [0.15, 0.2) is 18.2 Å². The summed E-state index contributed by atoms with van der Waals surface area (Å²) >= 11 is 0. The lowest BCUT2D eigenvalue weighted by Crippen LogP contribution is -2.36. The minimum atomic E-state index is -0.486. The average Bonchev–Trinajstić information content (AvgIpc) is 2.97. The highest BCUT2D eigenvalue weighted by Gasteiger charge is 2.21. The summed E-state index contributed by atoms with van der Waals surface area (Å²) in [5.41, 5.74) is 6.12. The molecule has 1 fully saturated rings. The molecule has 0 amide bonds. The Bertz CT molecular complexity index is 622. The Hall–Kier alpha value is -2.15. The first-order valence-corrected chi connectivity index (χ1v) is 7.03. The fraction of sp³-hybridized carbons (Fsp3) is 0.429. The van der Waals surface area contributed by atoms with Crippen molar-refractivity contribution >= 4 is 5.95 Å². The first-order valence-electron chi connectivity index (χ1n) is 7.03. The van der Waals surface area contributed by atoms with E-state index in [0.29, 0.717) is 23.3 Å². The molecule has 0 atom stereocenters. The number of aromatic hydroxyl groups is 1. The number of aromatic nitrogens is 3. The number of phenols is 1. The van der Waals surface area contributed by atoms with Gasteiger partial charge in [-0.15, -0.1) is 5.10 Å². The third-order valence-electron chi connectivity index (χ3n) is 3.92. The number of phenolic OH excluding ortho intramolecular Hbond substituents is 1. The summed E-state index contributed by atoms with van der Waals surface area (Å²) < 4.78 is 13.0. The highest BCUT2D eigenvalue weighted by Crippen LogP contribution is 2.28. The Balaban J connectivity index is 1.77.